The highest BCUT2D eigenvalue weighted by molar-refractivity contribution is 5.99. The molecule has 1 aromatic heterocycles. The number of hydrogen-bond acceptors (Lipinski definition) is 4. The average molecular weight is 529 g/mol. The lowest BCUT2D eigenvalue weighted by Crippen LogP contribution is -2.39. The fourth-order valence-electron chi connectivity index (χ4n) is 3.61. The number of carbonyl (C=O) groups excluding carboxylic acids is 1. The van der Waals surface area contributed by atoms with E-state index >= 15 is 0 Å². The second-order valence-corrected chi connectivity index (χ2v) is 8.19. The van der Waals surface area contributed by atoms with Gasteiger partial charge >= 0.3 is 18.3 Å². The number of aliphatic carboxylic acids is 1. The number of carbonyl (C=O) groups is 2. The van der Waals surface area contributed by atoms with Gasteiger partial charge in [-0.15, -0.1) is 6.58 Å². The summed E-state index contributed by atoms with van der Waals surface area (Å²) < 4.78 is 85.9. The lowest BCUT2D eigenvalue weighted by molar-refractivity contribution is -0.142. The van der Waals surface area contributed by atoms with Crippen LogP contribution in [-0.4, -0.2) is 32.3 Å². The van der Waals surface area contributed by atoms with Crippen molar-refractivity contribution in [1.82, 2.24) is 15.1 Å². The van der Waals surface area contributed by atoms with Gasteiger partial charge in [-0.25, -0.2) is 9.48 Å². The highest BCUT2D eigenvalue weighted by Crippen LogP contribution is 2.45. The van der Waals surface area contributed by atoms with E-state index in [0.29, 0.717) is 35.2 Å². The molecular formula is C24H21F6N3O4. The third-order valence-corrected chi connectivity index (χ3v) is 5.50. The molecule has 0 radical (unpaired) electrons. The number of nitrogens with one attached hydrogen (secondary N) is 1. The van der Waals surface area contributed by atoms with Gasteiger partial charge in [0.25, 0.3) is 5.91 Å². The first-order valence-corrected chi connectivity index (χ1v) is 10.7. The van der Waals surface area contributed by atoms with Crippen molar-refractivity contribution in [1.29, 1.82) is 0 Å². The Balaban J connectivity index is 1.98. The van der Waals surface area contributed by atoms with Gasteiger partial charge in [-0.2, -0.15) is 31.4 Å². The third kappa shape index (κ3) is 6.40. The Hall–Kier alpha value is -4.03. The highest BCUT2D eigenvalue weighted by Gasteiger charge is 2.49. The van der Waals surface area contributed by atoms with Gasteiger partial charge in [0.15, 0.2) is 5.69 Å². The number of aromatic nitrogens is 2. The summed E-state index contributed by atoms with van der Waals surface area (Å²) in [4.78, 5) is 24.0. The number of amides is 1. The SMILES string of the molecule is C=CC/C(=C\C=C\C(=O)O)C1(NC(=O)c2c(C(F)(F)F)nn(C)c2Oc2ccc(C(F)(F)F)cc2)CC1. The molecule has 1 amide bonds. The zero-order chi connectivity index (χ0) is 27.6. The van der Waals surface area contributed by atoms with Crippen molar-refractivity contribution in [3.63, 3.8) is 0 Å². The summed E-state index contributed by atoms with van der Waals surface area (Å²) in [7, 11) is 1.10. The van der Waals surface area contributed by atoms with E-state index in [9.17, 15) is 35.9 Å². The molecule has 37 heavy (non-hydrogen) atoms. The van der Waals surface area contributed by atoms with Crippen molar-refractivity contribution < 1.29 is 45.8 Å². The van der Waals surface area contributed by atoms with E-state index in [1.807, 2.05) is 0 Å². The second-order valence-electron chi connectivity index (χ2n) is 8.19. The molecule has 13 heteroatoms. The van der Waals surface area contributed by atoms with E-state index in [1.54, 1.807) is 0 Å². The summed E-state index contributed by atoms with van der Waals surface area (Å²) in [5.74, 6) is -3.25. The number of hydrogen-bond donors (Lipinski definition) is 2. The molecule has 1 aliphatic rings. The molecule has 3 rings (SSSR count). The maximum atomic E-state index is 13.8. The summed E-state index contributed by atoms with van der Waals surface area (Å²) in [6.45, 7) is 3.61. The second kappa shape index (κ2) is 10.1. The number of carboxylic acid groups (broad SMARTS) is 1. The van der Waals surface area contributed by atoms with E-state index in [1.165, 1.54) is 18.2 Å². The maximum absolute atomic E-state index is 13.8. The molecule has 2 aromatic rings. The van der Waals surface area contributed by atoms with Crippen LogP contribution in [0.5, 0.6) is 11.6 Å². The predicted molar refractivity (Wildman–Crippen MR) is 119 cm³/mol. The van der Waals surface area contributed by atoms with Crippen LogP contribution in [0.3, 0.4) is 0 Å². The molecule has 0 atom stereocenters. The number of rotatable bonds is 9. The minimum Gasteiger partial charge on any atom is -0.478 e. The third-order valence-electron chi connectivity index (χ3n) is 5.50. The number of allylic oxidation sites excluding steroid dienone is 3. The molecule has 1 fully saturated rings. The summed E-state index contributed by atoms with van der Waals surface area (Å²) in [6, 6.07) is 3.19. The van der Waals surface area contributed by atoms with E-state index in [0.717, 1.165) is 25.3 Å². The molecule has 0 saturated heterocycles. The van der Waals surface area contributed by atoms with Crippen molar-refractivity contribution in [2.45, 2.75) is 37.2 Å². The summed E-state index contributed by atoms with van der Waals surface area (Å²) in [5.41, 5.74) is -3.99. The smallest absolute Gasteiger partial charge is 0.436 e. The van der Waals surface area contributed by atoms with E-state index in [2.05, 4.69) is 17.0 Å². The molecular weight excluding hydrogens is 508 g/mol. The minimum absolute atomic E-state index is 0.221. The summed E-state index contributed by atoms with van der Waals surface area (Å²) >= 11 is 0. The van der Waals surface area contributed by atoms with Crippen LogP contribution in [0.25, 0.3) is 0 Å². The van der Waals surface area contributed by atoms with Crippen LogP contribution < -0.4 is 10.1 Å². The Bertz CT molecular complexity index is 1250. The number of carboxylic acids is 1. The van der Waals surface area contributed by atoms with Gasteiger partial charge in [-0.05, 0) is 49.1 Å². The van der Waals surface area contributed by atoms with Gasteiger partial charge in [0.05, 0.1) is 11.1 Å². The Morgan fingerprint density at radius 2 is 1.78 bits per heavy atom. The van der Waals surface area contributed by atoms with Crippen LogP contribution in [-0.2, 0) is 24.2 Å². The molecule has 0 aliphatic heterocycles. The number of benzene rings is 1. The Labute approximate surface area is 206 Å². The number of aryl methyl sites for hydroxylation is 1. The number of nitrogens with zero attached hydrogens (tertiary/aromatic N) is 2. The van der Waals surface area contributed by atoms with Crippen LogP contribution in [0.15, 0.2) is 60.7 Å². The Morgan fingerprint density at radius 1 is 1.16 bits per heavy atom. The van der Waals surface area contributed by atoms with Crippen LogP contribution in [0.4, 0.5) is 26.3 Å². The van der Waals surface area contributed by atoms with Crippen LogP contribution in [0.1, 0.15) is 40.9 Å². The van der Waals surface area contributed by atoms with Crippen molar-refractivity contribution in [2.24, 2.45) is 7.05 Å². The molecule has 0 unspecified atom stereocenters. The van der Waals surface area contributed by atoms with Gasteiger partial charge in [0.1, 0.15) is 11.3 Å². The molecule has 1 saturated carbocycles. The van der Waals surface area contributed by atoms with Crippen LogP contribution in [0, 0.1) is 0 Å². The van der Waals surface area contributed by atoms with Crippen molar-refractivity contribution in [3.8, 4) is 11.6 Å². The number of alkyl halides is 6. The lowest BCUT2D eigenvalue weighted by atomic mass is 10.00. The average Bonchev–Trinajstić information content (AvgIpc) is 3.48. The molecule has 1 aliphatic carbocycles. The first-order chi connectivity index (χ1) is 17.2. The van der Waals surface area contributed by atoms with E-state index in [4.69, 9.17) is 9.84 Å². The van der Waals surface area contributed by atoms with Gasteiger partial charge in [-0.3, -0.25) is 4.79 Å². The molecule has 0 spiro atoms. The molecule has 0 bridgehead atoms. The van der Waals surface area contributed by atoms with Gasteiger partial charge in [0, 0.05) is 13.1 Å². The normalized spacial score (nSPS) is 15.5. The van der Waals surface area contributed by atoms with Crippen molar-refractivity contribution in [3.05, 3.63) is 77.5 Å². The first kappa shape index (κ1) is 27.6. The van der Waals surface area contributed by atoms with Gasteiger partial charge in [0.2, 0.25) is 5.88 Å². The summed E-state index contributed by atoms with van der Waals surface area (Å²) in [5, 5.41) is 14.7. The van der Waals surface area contributed by atoms with Crippen LogP contribution >= 0.6 is 0 Å². The fourth-order valence-corrected chi connectivity index (χ4v) is 3.61. The van der Waals surface area contributed by atoms with Crippen LogP contribution in [0.2, 0.25) is 0 Å². The molecule has 198 valence electrons. The molecule has 7 nitrogen and oxygen atoms in total. The van der Waals surface area contributed by atoms with Gasteiger partial charge in [-0.1, -0.05) is 18.2 Å². The highest BCUT2D eigenvalue weighted by atomic mass is 19.4. The predicted octanol–water partition coefficient (Wildman–Crippen LogP) is 5.66. The zero-order valence-corrected chi connectivity index (χ0v) is 19.3. The van der Waals surface area contributed by atoms with Gasteiger partial charge < -0.3 is 15.2 Å². The number of halogens is 6. The lowest BCUT2D eigenvalue weighted by Gasteiger charge is -2.21. The maximum Gasteiger partial charge on any atom is 0.436 e. The standard InChI is InChI=1S/C24H21F6N3O4/c1-3-5-14(6-4-7-17(34)35)22(12-13-22)31-20(36)18-19(24(28,29)30)32-33(2)21(18)37-16-10-8-15(9-11-16)23(25,26)27/h3-4,6-11H,1,5,12-13H2,2H3,(H,31,36)(H,34,35)/b7-4+,14-6+. The Kier molecular flexibility index (Phi) is 7.56. The Morgan fingerprint density at radius 3 is 2.27 bits per heavy atom. The monoisotopic (exact) mass is 529 g/mol. The summed E-state index contributed by atoms with van der Waals surface area (Å²) in [6.07, 6.45) is -3.68. The van der Waals surface area contributed by atoms with Crippen molar-refractivity contribution in [2.75, 3.05) is 0 Å². The molecule has 2 N–H and O–H groups in total. The van der Waals surface area contributed by atoms with E-state index < -0.39 is 52.5 Å². The minimum atomic E-state index is -5.05. The van der Waals surface area contributed by atoms with Crippen molar-refractivity contribution >= 4 is 11.9 Å². The largest absolute Gasteiger partial charge is 0.478 e. The topological polar surface area (TPSA) is 93.5 Å². The molecule has 1 heterocycles. The first-order valence-electron chi connectivity index (χ1n) is 10.7. The van der Waals surface area contributed by atoms with E-state index in [-0.39, 0.29) is 12.2 Å². The zero-order valence-electron chi connectivity index (χ0n) is 19.3. The fraction of sp³-hybridized carbons (Fsp3) is 0.292. The number of ether oxygens (including phenoxy) is 1. The molecule has 1 aromatic carbocycles. The quantitative estimate of drug-likeness (QED) is 0.189.